The van der Waals surface area contributed by atoms with Gasteiger partial charge in [-0.2, -0.15) is 0 Å². The third-order valence-electron chi connectivity index (χ3n) is 2.02. The summed E-state index contributed by atoms with van der Waals surface area (Å²) in [6.07, 6.45) is -8.64. The predicted octanol–water partition coefficient (Wildman–Crippen LogP) is 3.24. The van der Waals surface area contributed by atoms with Crippen molar-refractivity contribution in [2.75, 3.05) is 7.11 Å². The molecule has 0 amide bonds. The Hall–Kier alpha value is -1.20. The summed E-state index contributed by atoms with van der Waals surface area (Å²) in [7, 11) is 1.07. The molecule has 1 heterocycles. The highest BCUT2D eigenvalue weighted by Crippen LogP contribution is 2.31. The second kappa shape index (κ2) is 6.50. The van der Waals surface area contributed by atoms with Crippen LogP contribution in [-0.4, -0.2) is 24.4 Å². The molecule has 0 aliphatic rings. The number of hydrogen-bond acceptors (Lipinski definition) is 4. The zero-order chi connectivity index (χ0) is 15.5. The first-order valence-corrected chi connectivity index (χ1v) is 6.02. The number of pyridine rings is 1. The number of alkyl halides is 5. The molecule has 0 atom stereocenters. The first-order chi connectivity index (χ1) is 9.14. The van der Waals surface area contributed by atoms with E-state index in [1.165, 1.54) is 22.6 Å². The van der Waals surface area contributed by atoms with Gasteiger partial charge in [-0.1, -0.05) is 0 Å². The van der Waals surface area contributed by atoms with Crippen molar-refractivity contribution in [1.29, 1.82) is 0 Å². The number of carbonyl (C=O) groups is 1. The highest BCUT2D eigenvalue weighted by molar-refractivity contribution is 14.1. The fourth-order valence-electron chi connectivity index (χ4n) is 1.25. The molecule has 1 aromatic rings. The largest absolute Gasteiger partial charge is 0.574 e. The molecule has 0 bridgehead atoms. The monoisotopic (exact) mass is 411 g/mol. The van der Waals surface area contributed by atoms with E-state index >= 15 is 0 Å². The first kappa shape index (κ1) is 16.9. The second-order valence-electron chi connectivity index (χ2n) is 3.42. The smallest absolute Gasteiger partial charge is 0.469 e. The Bertz CT molecular complexity index is 506. The molecule has 1 rings (SSSR count). The standard InChI is InChI=1S/C10H7F5INO3/c1-19-6(18)3-4-2-5(20-10(13,14)15)17-8(7(4)16)9(11)12/h2,9H,3H2,1H3. The van der Waals surface area contributed by atoms with E-state index in [2.05, 4.69) is 14.5 Å². The van der Waals surface area contributed by atoms with Crippen molar-refractivity contribution in [3.05, 3.63) is 20.9 Å². The van der Waals surface area contributed by atoms with Gasteiger partial charge in [0.15, 0.2) is 0 Å². The number of methoxy groups -OCH3 is 1. The summed E-state index contributed by atoms with van der Waals surface area (Å²) in [5, 5.41) is 0. The molecule has 1 aromatic heterocycles. The molecule has 0 aliphatic carbocycles. The van der Waals surface area contributed by atoms with Gasteiger partial charge in [0.25, 0.3) is 6.43 Å². The maximum absolute atomic E-state index is 12.7. The molecule has 0 unspecified atom stereocenters. The normalized spacial score (nSPS) is 11.6. The summed E-state index contributed by atoms with van der Waals surface area (Å²) in [5.74, 6) is -1.83. The highest BCUT2D eigenvalue weighted by Gasteiger charge is 2.33. The Kier molecular flexibility index (Phi) is 5.48. The van der Waals surface area contributed by atoms with Crippen LogP contribution in [0.15, 0.2) is 6.07 Å². The topological polar surface area (TPSA) is 48.4 Å². The maximum atomic E-state index is 12.7. The van der Waals surface area contributed by atoms with E-state index in [1.807, 2.05) is 0 Å². The average Bonchev–Trinajstić information content (AvgIpc) is 2.30. The van der Waals surface area contributed by atoms with Crippen LogP contribution in [0.2, 0.25) is 0 Å². The van der Waals surface area contributed by atoms with Gasteiger partial charge in [-0.15, -0.1) is 13.2 Å². The molecular formula is C10H7F5INO3. The van der Waals surface area contributed by atoms with Crippen LogP contribution in [-0.2, 0) is 16.0 Å². The molecule has 0 saturated heterocycles. The third kappa shape index (κ3) is 4.72. The minimum absolute atomic E-state index is 0.0815. The van der Waals surface area contributed by atoms with Crippen molar-refractivity contribution in [2.45, 2.75) is 19.2 Å². The quantitative estimate of drug-likeness (QED) is 0.434. The molecule has 4 nitrogen and oxygen atoms in total. The number of nitrogens with zero attached hydrogens (tertiary/aromatic N) is 1. The van der Waals surface area contributed by atoms with Crippen molar-refractivity contribution in [3.63, 3.8) is 0 Å². The molecule has 0 aromatic carbocycles. The van der Waals surface area contributed by atoms with Crippen LogP contribution in [0.4, 0.5) is 22.0 Å². The number of ether oxygens (including phenoxy) is 2. The number of rotatable bonds is 4. The summed E-state index contributed by atoms with van der Waals surface area (Å²) in [5.41, 5.74) is -0.965. The lowest BCUT2D eigenvalue weighted by molar-refractivity contribution is -0.276. The van der Waals surface area contributed by atoms with E-state index in [0.29, 0.717) is 0 Å². The lowest BCUT2D eigenvalue weighted by atomic mass is 10.1. The molecule has 0 spiro atoms. The average molecular weight is 411 g/mol. The predicted molar refractivity (Wildman–Crippen MR) is 64.3 cm³/mol. The molecule has 10 heteroatoms. The second-order valence-corrected chi connectivity index (χ2v) is 4.50. The van der Waals surface area contributed by atoms with Gasteiger partial charge in [0.2, 0.25) is 5.88 Å². The minimum atomic E-state index is -5.07. The number of halogens is 6. The van der Waals surface area contributed by atoms with Crippen LogP contribution in [0.5, 0.6) is 5.88 Å². The van der Waals surface area contributed by atoms with Crippen LogP contribution in [0.3, 0.4) is 0 Å². The minimum Gasteiger partial charge on any atom is -0.469 e. The van der Waals surface area contributed by atoms with Gasteiger partial charge in [-0.3, -0.25) is 4.79 Å². The van der Waals surface area contributed by atoms with Crippen LogP contribution in [0, 0.1) is 3.57 Å². The zero-order valence-electron chi connectivity index (χ0n) is 9.80. The molecular weight excluding hydrogens is 404 g/mol. The van der Waals surface area contributed by atoms with Crippen molar-refractivity contribution in [3.8, 4) is 5.88 Å². The third-order valence-corrected chi connectivity index (χ3v) is 3.27. The Balaban J connectivity index is 3.24. The van der Waals surface area contributed by atoms with Crippen LogP contribution >= 0.6 is 22.6 Å². The fourth-order valence-corrected chi connectivity index (χ4v) is 1.95. The van der Waals surface area contributed by atoms with Gasteiger partial charge in [-0.05, 0) is 28.2 Å². The highest BCUT2D eigenvalue weighted by atomic mass is 127. The summed E-state index contributed by atoms with van der Waals surface area (Å²) >= 11 is 1.47. The van der Waals surface area contributed by atoms with Gasteiger partial charge in [0, 0.05) is 9.64 Å². The van der Waals surface area contributed by atoms with E-state index in [1.54, 1.807) is 0 Å². The Labute approximate surface area is 123 Å². The summed E-state index contributed by atoms with van der Waals surface area (Å²) < 4.78 is 69.4. The molecule has 0 radical (unpaired) electrons. The lowest BCUT2D eigenvalue weighted by Gasteiger charge is -2.13. The van der Waals surface area contributed by atoms with Crippen LogP contribution in [0.25, 0.3) is 0 Å². The van der Waals surface area contributed by atoms with Crippen LogP contribution in [0.1, 0.15) is 17.7 Å². The zero-order valence-corrected chi connectivity index (χ0v) is 12.0. The number of esters is 1. The number of aromatic nitrogens is 1. The van der Waals surface area contributed by atoms with Gasteiger partial charge < -0.3 is 9.47 Å². The van der Waals surface area contributed by atoms with Gasteiger partial charge in [0.05, 0.1) is 13.5 Å². The molecule has 0 N–H and O–H groups in total. The van der Waals surface area contributed by atoms with Crippen molar-refractivity contribution < 1.29 is 36.2 Å². The summed E-state index contributed by atoms with van der Waals surface area (Å²) in [6.45, 7) is 0. The van der Waals surface area contributed by atoms with E-state index in [9.17, 15) is 26.7 Å². The Morgan fingerprint density at radius 3 is 2.50 bits per heavy atom. The molecule has 112 valence electrons. The SMILES string of the molecule is COC(=O)Cc1cc(OC(F)(F)F)nc(C(F)F)c1I. The summed E-state index contributed by atoms with van der Waals surface area (Å²) in [4.78, 5) is 14.2. The van der Waals surface area contributed by atoms with Crippen molar-refractivity contribution in [2.24, 2.45) is 0 Å². The van der Waals surface area contributed by atoms with E-state index in [-0.39, 0.29) is 9.13 Å². The van der Waals surface area contributed by atoms with Crippen molar-refractivity contribution in [1.82, 2.24) is 4.98 Å². The molecule has 0 saturated carbocycles. The first-order valence-electron chi connectivity index (χ1n) is 4.94. The molecule has 0 fully saturated rings. The lowest BCUT2D eigenvalue weighted by Crippen LogP contribution is -2.19. The number of carbonyl (C=O) groups excluding carboxylic acids is 1. The number of hydrogen-bond donors (Lipinski definition) is 0. The van der Waals surface area contributed by atoms with Gasteiger partial charge in [0.1, 0.15) is 5.69 Å². The van der Waals surface area contributed by atoms with Crippen LogP contribution < -0.4 is 4.74 Å². The van der Waals surface area contributed by atoms with E-state index in [0.717, 1.165) is 13.2 Å². The summed E-state index contributed by atoms with van der Waals surface area (Å²) in [6, 6.07) is 0.776. The van der Waals surface area contributed by atoms with E-state index < -0.39 is 36.8 Å². The van der Waals surface area contributed by atoms with Crippen molar-refractivity contribution >= 4 is 28.6 Å². The fraction of sp³-hybridized carbons (Fsp3) is 0.400. The van der Waals surface area contributed by atoms with E-state index in [4.69, 9.17) is 0 Å². The molecule has 20 heavy (non-hydrogen) atoms. The van der Waals surface area contributed by atoms with Gasteiger partial charge >= 0.3 is 12.3 Å². The Morgan fingerprint density at radius 2 is 2.05 bits per heavy atom. The Morgan fingerprint density at radius 1 is 1.45 bits per heavy atom. The maximum Gasteiger partial charge on any atom is 0.574 e. The van der Waals surface area contributed by atoms with Gasteiger partial charge in [-0.25, -0.2) is 13.8 Å². The molecule has 0 aliphatic heterocycles.